The average molecular weight is 276 g/mol. The maximum absolute atomic E-state index is 11.6. The van der Waals surface area contributed by atoms with Crippen molar-refractivity contribution in [3.05, 3.63) is 0 Å². The van der Waals surface area contributed by atoms with E-state index < -0.39 is 9.84 Å². The summed E-state index contributed by atoms with van der Waals surface area (Å²) in [5.74, 6) is -0.439. The summed E-state index contributed by atoms with van der Waals surface area (Å²) in [5.41, 5.74) is 0. The molecule has 1 rings (SSSR count). The van der Waals surface area contributed by atoms with Crippen LogP contribution in [0.1, 0.15) is 26.7 Å². The van der Waals surface area contributed by atoms with Crippen molar-refractivity contribution in [2.24, 2.45) is 0 Å². The number of nitrogens with zero attached hydrogens (tertiary/aromatic N) is 1. The van der Waals surface area contributed by atoms with Gasteiger partial charge in [0.15, 0.2) is 9.84 Å². The van der Waals surface area contributed by atoms with Gasteiger partial charge in [-0.3, -0.25) is 9.59 Å². The van der Waals surface area contributed by atoms with Crippen molar-refractivity contribution in [3.63, 3.8) is 0 Å². The minimum Gasteiger partial charge on any atom is -0.355 e. The number of hydrogen-bond donors (Lipinski definition) is 1. The van der Waals surface area contributed by atoms with Crippen LogP contribution >= 0.6 is 0 Å². The highest BCUT2D eigenvalue weighted by atomic mass is 32.2. The van der Waals surface area contributed by atoms with Gasteiger partial charge in [0.25, 0.3) is 0 Å². The van der Waals surface area contributed by atoms with Crippen LogP contribution in [0.15, 0.2) is 0 Å². The molecule has 0 aromatic carbocycles. The Kier molecular flexibility index (Phi) is 5.13. The van der Waals surface area contributed by atoms with Gasteiger partial charge in [0.05, 0.1) is 18.1 Å². The summed E-state index contributed by atoms with van der Waals surface area (Å²) in [6, 6.07) is -0.361. The van der Waals surface area contributed by atoms with Gasteiger partial charge in [-0.2, -0.15) is 0 Å². The van der Waals surface area contributed by atoms with E-state index in [4.69, 9.17) is 0 Å². The Labute approximate surface area is 108 Å². The Bertz CT molecular complexity index is 419. The number of sulfone groups is 1. The van der Waals surface area contributed by atoms with E-state index >= 15 is 0 Å². The summed E-state index contributed by atoms with van der Waals surface area (Å²) in [7, 11) is -3.05. The van der Waals surface area contributed by atoms with Crippen molar-refractivity contribution >= 4 is 21.7 Å². The van der Waals surface area contributed by atoms with E-state index in [-0.39, 0.29) is 35.9 Å². The van der Waals surface area contributed by atoms with Crippen LogP contribution in [0, 0.1) is 0 Å². The minimum atomic E-state index is -3.05. The molecule has 7 heteroatoms. The Balaban J connectivity index is 2.61. The van der Waals surface area contributed by atoms with Crippen molar-refractivity contribution in [2.75, 3.05) is 24.6 Å². The normalized spacial score (nSPS) is 21.6. The molecule has 1 saturated heterocycles. The van der Waals surface area contributed by atoms with Crippen LogP contribution in [-0.4, -0.2) is 55.8 Å². The molecule has 0 aliphatic carbocycles. The van der Waals surface area contributed by atoms with Crippen molar-refractivity contribution in [3.8, 4) is 0 Å². The smallest absolute Gasteiger partial charge is 0.239 e. The summed E-state index contributed by atoms with van der Waals surface area (Å²) in [5, 5.41) is 2.68. The largest absolute Gasteiger partial charge is 0.355 e. The van der Waals surface area contributed by atoms with Crippen LogP contribution in [0.2, 0.25) is 0 Å². The molecule has 0 radical (unpaired) electrons. The van der Waals surface area contributed by atoms with E-state index in [2.05, 4.69) is 5.32 Å². The van der Waals surface area contributed by atoms with E-state index in [1.165, 1.54) is 11.8 Å². The second kappa shape index (κ2) is 6.17. The van der Waals surface area contributed by atoms with Crippen LogP contribution < -0.4 is 5.32 Å². The molecule has 6 nitrogen and oxygen atoms in total. The SMILES string of the molecule is CCCNC(=O)CN(C(C)=O)C1CCS(=O)(=O)C1. The fraction of sp³-hybridized carbons (Fsp3) is 0.818. The highest BCUT2D eigenvalue weighted by molar-refractivity contribution is 7.91. The number of nitrogens with one attached hydrogen (secondary N) is 1. The van der Waals surface area contributed by atoms with Crippen LogP contribution in [-0.2, 0) is 19.4 Å². The average Bonchev–Trinajstić information content (AvgIpc) is 2.63. The third-order valence-electron chi connectivity index (χ3n) is 2.94. The molecule has 1 aliphatic rings. The Morgan fingerprint density at radius 2 is 2.06 bits per heavy atom. The zero-order valence-electron chi connectivity index (χ0n) is 10.8. The second-order valence-electron chi connectivity index (χ2n) is 4.55. The zero-order chi connectivity index (χ0) is 13.8. The Hall–Kier alpha value is -1.11. The third-order valence-corrected chi connectivity index (χ3v) is 4.69. The second-order valence-corrected chi connectivity index (χ2v) is 6.78. The molecule has 1 fully saturated rings. The number of carbonyl (C=O) groups is 2. The van der Waals surface area contributed by atoms with E-state index in [1.807, 2.05) is 6.92 Å². The van der Waals surface area contributed by atoms with Crippen LogP contribution in [0.4, 0.5) is 0 Å². The van der Waals surface area contributed by atoms with E-state index in [0.717, 1.165) is 6.42 Å². The highest BCUT2D eigenvalue weighted by Crippen LogP contribution is 2.17. The predicted molar refractivity (Wildman–Crippen MR) is 67.7 cm³/mol. The first kappa shape index (κ1) is 14.9. The molecule has 2 amide bonds. The van der Waals surface area contributed by atoms with Crippen molar-refractivity contribution in [1.82, 2.24) is 10.2 Å². The lowest BCUT2D eigenvalue weighted by molar-refractivity contribution is -0.136. The molecule has 1 N–H and O–H groups in total. The van der Waals surface area contributed by atoms with Crippen molar-refractivity contribution in [2.45, 2.75) is 32.7 Å². The molecular weight excluding hydrogens is 256 g/mol. The van der Waals surface area contributed by atoms with Crippen LogP contribution in [0.5, 0.6) is 0 Å². The summed E-state index contributed by atoms with van der Waals surface area (Å²) in [6.45, 7) is 3.80. The van der Waals surface area contributed by atoms with Gasteiger partial charge < -0.3 is 10.2 Å². The molecular formula is C11H20N2O4S. The fourth-order valence-corrected chi connectivity index (χ4v) is 3.72. The number of rotatable bonds is 5. The molecule has 1 atom stereocenters. The molecule has 1 unspecified atom stereocenters. The molecule has 0 saturated carbocycles. The van der Waals surface area contributed by atoms with Crippen molar-refractivity contribution in [1.29, 1.82) is 0 Å². The van der Waals surface area contributed by atoms with Gasteiger partial charge >= 0.3 is 0 Å². The van der Waals surface area contributed by atoms with Gasteiger partial charge in [-0.05, 0) is 12.8 Å². The molecule has 1 aliphatic heterocycles. The third kappa shape index (κ3) is 4.29. The topological polar surface area (TPSA) is 83.6 Å². The highest BCUT2D eigenvalue weighted by Gasteiger charge is 2.34. The van der Waals surface area contributed by atoms with Crippen LogP contribution in [0.3, 0.4) is 0 Å². The molecule has 0 aromatic rings. The monoisotopic (exact) mass is 276 g/mol. The number of hydrogen-bond acceptors (Lipinski definition) is 4. The first-order valence-corrected chi connectivity index (χ1v) is 7.92. The first-order valence-electron chi connectivity index (χ1n) is 6.10. The van der Waals surface area contributed by atoms with Gasteiger partial charge in [-0.15, -0.1) is 0 Å². The zero-order valence-corrected chi connectivity index (χ0v) is 11.6. The van der Waals surface area contributed by atoms with Gasteiger partial charge in [0.1, 0.15) is 0 Å². The summed E-state index contributed by atoms with van der Waals surface area (Å²) < 4.78 is 22.8. The lowest BCUT2D eigenvalue weighted by Crippen LogP contribution is -2.46. The summed E-state index contributed by atoms with van der Waals surface area (Å²) in [6.07, 6.45) is 1.24. The fourth-order valence-electron chi connectivity index (χ4n) is 1.99. The number of amides is 2. The molecule has 0 spiro atoms. The summed E-state index contributed by atoms with van der Waals surface area (Å²) in [4.78, 5) is 24.4. The molecule has 0 aromatic heterocycles. The molecule has 1 heterocycles. The number of carbonyl (C=O) groups excluding carboxylic acids is 2. The van der Waals surface area contributed by atoms with Crippen LogP contribution in [0.25, 0.3) is 0 Å². The maximum Gasteiger partial charge on any atom is 0.239 e. The molecule has 0 bridgehead atoms. The predicted octanol–water partition coefficient (Wildman–Crippen LogP) is -0.452. The van der Waals surface area contributed by atoms with Gasteiger partial charge in [0, 0.05) is 19.5 Å². The van der Waals surface area contributed by atoms with E-state index in [9.17, 15) is 18.0 Å². The first-order chi connectivity index (χ1) is 8.35. The summed E-state index contributed by atoms with van der Waals surface area (Å²) >= 11 is 0. The quantitative estimate of drug-likeness (QED) is 0.737. The van der Waals surface area contributed by atoms with E-state index in [0.29, 0.717) is 13.0 Å². The van der Waals surface area contributed by atoms with Gasteiger partial charge in [-0.25, -0.2) is 8.42 Å². The maximum atomic E-state index is 11.6. The Morgan fingerprint density at radius 3 is 2.50 bits per heavy atom. The lowest BCUT2D eigenvalue weighted by Gasteiger charge is -2.26. The Morgan fingerprint density at radius 1 is 1.39 bits per heavy atom. The van der Waals surface area contributed by atoms with Gasteiger partial charge in [-0.1, -0.05) is 6.92 Å². The molecule has 104 valence electrons. The minimum absolute atomic E-state index is 0.0341. The van der Waals surface area contributed by atoms with Crippen molar-refractivity contribution < 1.29 is 18.0 Å². The standard InChI is InChI=1S/C11H20N2O4S/c1-3-5-12-11(15)7-13(9(2)14)10-4-6-18(16,17)8-10/h10H,3-8H2,1-2H3,(H,12,15). The van der Waals surface area contributed by atoms with Gasteiger partial charge in [0.2, 0.25) is 11.8 Å². The lowest BCUT2D eigenvalue weighted by atomic mass is 10.2. The van der Waals surface area contributed by atoms with E-state index in [1.54, 1.807) is 0 Å². The molecule has 18 heavy (non-hydrogen) atoms.